The van der Waals surface area contributed by atoms with Gasteiger partial charge in [-0.25, -0.2) is 0 Å². The van der Waals surface area contributed by atoms with Crippen LogP contribution in [-0.4, -0.2) is 66.1 Å². The van der Waals surface area contributed by atoms with Crippen molar-refractivity contribution in [2.24, 2.45) is 0 Å². The lowest BCUT2D eigenvalue weighted by molar-refractivity contribution is -0.242. The maximum Gasteiger partial charge on any atom is 0.303 e. The van der Waals surface area contributed by atoms with Gasteiger partial charge in [0.2, 0.25) is 0 Å². The molecule has 5 atom stereocenters. The third kappa shape index (κ3) is 5.57. The fraction of sp³-hybridized carbons (Fsp3) is 0.375. The Morgan fingerprint density at radius 2 is 1.73 bits per heavy atom. The Morgan fingerprint density at radius 1 is 1.00 bits per heavy atom. The number of aliphatic hydroxyl groups excluding tert-OH is 2. The van der Waals surface area contributed by atoms with Crippen molar-refractivity contribution < 1.29 is 38.8 Å². The van der Waals surface area contributed by atoms with E-state index in [9.17, 15) is 24.6 Å². The quantitative estimate of drug-likeness (QED) is 0.555. The zero-order chi connectivity index (χ0) is 24.1. The molecule has 33 heavy (non-hydrogen) atoms. The summed E-state index contributed by atoms with van der Waals surface area (Å²) in [5, 5.41) is 24.2. The van der Waals surface area contributed by atoms with Crippen molar-refractivity contribution in [3.63, 3.8) is 0 Å². The molecule has 1 amide bonds. The van der Waals surface area contributed by atoms with Gasteiger partial charge in [-0.1, -0.05) is 36.4 Å². The van der Waals surface area contributed by atoms with Gasteiger partial charge in [-0.2, -0.15) is 0 Å². The molecule has 0 unspecified atom stereocenters. The number of carbonyl (C=O) groups is 3. The first-order valence-electron chi connectivity index (χ1n) is 10.5. The molecule has 0 bridgehead atoms. The van der Waals surface area contributed by atoms with E-state index in [1.165, 1.54) is 13.8 Å². The molecule has 0 spiro atoms. The molecule has 1 aliphatic heterocycles. The second kappa shape index (κ2) is 10.6. The van der Waals surface area contributed by atoms with Crippen LogP contribution < -0.4 is 5.32 Å². The normalized spacial score (nSPS) is 24.6. The smallest absolute Gasteiger partial charge is 0.303 e. The SMILES string of the molecule is CNC(=O)c1cccc(-c2ccccc2[C@H]2O[C@H](COC(C)=O)[C@H](OC(C)=O)[C@H](O)[C@@H]2O)c1. The number of aliphatic hydroxyl groups is 2. The molecule has 2 aromatic rings. The first kappa shape index (κ1) is 24.4. The minimum absolute atomic E-state index is 0.246. The third-order valence-electron chi connectivity index (χ3n) is 5.37. The molecule has 0 aliphatic carbocycles. The number of nitrogens with one attached hydrogen (secondary N) is 1. The summed E-state index contributed by atoms with van der Waals surface area (Å²) >= 11 is 0. The summed E-state index contributed by atoms with van der Waals surface area (Å²) in [5.74, 6) is -1.49. The van der Waals surface area contributed by atoms with Gasteiger partial charge in [0, 0.05) is 26.5 Å². The lowest BCUT2D eigenvalue weighted by atomic mass is 9.87. The van der Waals surface area contributed by atoms with Gasteiger partial charge in [-0.05, 0) is 28.8 Å². The first-order valence-corrected chi connectivity index (χ1v) is 10.5. The lowest BCUT2D eigenvalue weighted by Gasteiger charge is -2.42. The highest BCUT2D eigenvalue weighted by molar-refractivity contribution is 5.95. The van der Waals surface area contributed by atoms with E-state index in [1.54, 1.807) is 49.5 Å². The predicted molar refractivity (Wildman–Crippen MR) is 117 cm³/mol. The molecule has 1 fully saturated rings. The van der Waals surface area contributed by atoms with Crippen molar-refractivity contribution in [1.29, 1.82) is 0 Å². The molecule has 1 saturated heterocycles. The Morgan fingerprint density at radius 3 is 2.39 bits per heavy atom. The summed E-state index contributed by atoms with van der Waals surface area (Å²) in [5.41, 5.74) is 2.39. The van der Waals surface area contributed by atoms with E-state index in [0.29, 0.717) is 22.3 Å². The van der Waals surface area contributed by atoms with Crippen LogP contribution >= 0.6 is 0 Å². The standard InChI is InChI=1S/C24H27NO8/c1-13(26)31-12-19-23(32-14(2)27)21(29)20(28)22(33-19)18-10-5-4-9-17(18)15-7-6-8-16(11-15)24(30)25-3/h4-11,19-23,28-29H,12H2,1-3H3,(H,25,30)/t19-,20+,21-,22-,23+/m1/s1. The summed E-state index contributed by atoms with van der Waals surface area (Å²) in [6.07, 6.45) is -6.18. The van der Waals surface area contributed by atoms with Crippen molar-refractivity contribution in [3.8, 4) is 11.1 Å². The minimum Gasteiger partial charge on any atom is -0.463 e. The zero-order valence-electron chi connectivity index (χ0n) is 18.6. The monoisotopic (exact) mass is 457 g/mol. The summed E-state index contributed by atoms with van der Waals surface area (Å²) in [4.78, 5) is 35.0. The average molecular weight is 457 g/mol. The number of benzene rings is 2. The first-order chi connectivity index (χ1) is 15.7. The van der Waals surface area contributed by atoms with Gasteiger partial charge in [0.05, 0.1) is 0 Å². The third-order valence-corrected chi connectivity index (χ3v) is 5.37. The van der Waals surface area contributed by atoms with E-state index in [0.717, 1.165) is 0 Å². The summed E-state index contributed by atoms with van der Waals surface area (Å²) in [6, 6.07) is 14.0. The molecule has 2 aromatic carbocycles. The topological polar surface area (TPSA) is 131 Å². The highest BCUT2D eigenvalue weighted by atomic mass is 16.6. The highest BCUT2D eigenvalue weighted by Gasteiger charge is 2.47. The van der Waals surface area contributed by atoms with Crippen molar-refractivity contribution in [2.45, 2.75) is 44.4 Å². The van der Waals surface area contributed by atoms with Crippen LogP contribution in [0.2, 0.25) is 0 Å². The number of ether oxygens (including phenoxy) is 3. The second-order valence-electron chi connectivity index (χ2n) is 7.70. The maximum atomic E-state index is 12.1. The van der Waals surface area contributed by atoms with Crippen LogP contribution in [-0.2, 0) is 23.8 Å². The van der Waals surface area contributed by atoms with Crippen LogP contribution in [0.15, 0.2) is 48.5 Å². The Labute approximate surface area is 191 Å². The summed E-state index contributed by atoms with van der Waals surface area (Å²) in [7, 11) is 1.54. The molecule has 3 rings (SSSR count). The number of carbonyl (C=O) groups excluding carboxylic acids is 3. The van der Waals surface area contributed by atoms with Crippen LogP contribution in [0.3, 0.4) is 0 Å². The fourth-order valence-electron chi connectivity index (χ4n) is 3.85. The lowest BCUT2D eigenvalue weighted by Crippen LogP contribution is -2.57. The van der Waals surface area contributed by atoms with Gasteiger partial charge < -0.3 is 29.7 Å². The van der Waals surface area contributed by atoms with E-state index in [4.69, 9.17) is 14.2 Å². The number of hydrogen-bond acceptors (Lipinski definition) is 8. The Hall–Kier alpha value is -3.27. The van der Waals surface area contributed by atoms with E-state index in [2.05, 4.69) is 5.32 Å². The van der Waals surface area contributed by atoms with E-state index < -0.39 is 42.5 Å². The Balaban J connectivity index is 2.00. The van der Waals surface area contributed by atoms with Gasteiger partial charge in [-0.3, -0.25) is 14.4 Å². The van der Waals surface area contributed by atoms with E-state index in [-0.39, 0.29) is 12.5 Å². The molecular weight excluding hydrogens is 430 g/mol. The van der Waals surface area contributed by atoms with Gasteiger partial charge >= 0.3 is 11.9 Å². The second-order valence-corrected chi connectivity index (χ2v) is 7.70. The van der Waals surface area contributed by atoms with Crippen LogP contribution in [0.1, 0.15) is 35.9 Å². The number of esters is 2. The number of amides is 1. The van der Waals surface area contributed by atoms with Crippen LogP contribution in [0.5, 0.6) is 0 Å². The van der Waals surface area contributed by atoms with Crippen molar-refractivity contribution in [2.75, 3.05) is 13.7 Å². The maximum absolute atomic E-state index is 12.1. The Bertz CT molecular complexity index is 1020. The van der Waals surface area contributed by atoms with Crippen LogP contribution in [0, 0.1) is 0 Å². The van der Waals surface area contributed by atoms with Crippen molar-refractivity contribution >= 4 is 17.8 Å². The van der Waals surface area contributed by atoms with Crippen molar-refractivity contribution in [1.82, 2.24) is 5.32 Å². The Kier molecular flexibility index (Phi) is 7.80. The number of rotatable bonds is 6. The largest absolute Gasteiger partial charge is 0.463 e. The van der Waals surface area contributed by atoms with Crippen molar-refractivity contribution in [3.05, 3.63) is 59.7 Å². The summed E-state index contributed by atoms with van der Waals surface area (Å²) in [6.45, 7) is 2.12. The number of hydrogen-bond donors (Lipinski definition) is 3. The molecule has 3 N–H and O–H groups in total. The average Bonchev–Trinajstić information content (AvgIpc) is 2.81. The molecule has 0 aromatic heterocycles. The fourth-order valence-corrected chi connectivity index (χ4v) is 3.85. The molecule has 0 saturated carbocycles. The van der Waals surface area contributed by atoms with Crippen LogP contribution in [0.25, 0.3) is 11.1 Å². The van der Waals surface area contributed by atoms with E-state index >= 15 is 0 Å². The molecule has 1 heterocycles. The van der Waals surface area contributed by atoms with Gasteiger partial charge in [0.25, 0.3) is 5.91 Å². The van der Waals surface area contributed by atoms with Gasteiger partial charge in [0.15, 0.2) is 6.10 Å². The molecule has 9 heteroatoms. The van der Waals surface area contributed by atoms with Gasteiger partial charge in [-0.15, -0.1) is 0 Å². The minimum atomic E-state index is -1.49. The molecule has 0 radical (unpaired) electrons. The zero-order valence-corrected chi connectivity index (χ0v) is 18.6. The summed E-state index contributed by atoms with van der Waals surface area (Å²) < 4.78 is 16.2. The van der Waals surface area contributed by atoms with Gasteiger partial charge in [0.1, 0.15) is 31.0 Å². The van der Waals surface area contributed by atoms with Crippen LogP contribution in [0.4, 0.5) is 0 Å². The predicted octanol–water partition coefficient (Wildman–Crippen LogP) is 1.37. The molecule has 9 nitrogen and oxygen atoms in total. The van der Waals surface area contributed by atoms with E-state index in [1.807, 2.05) is 6.07 Å². The molecule has 1 aliphatic rings. The molecular formula is C24H27NO8. The highest BCUT2D eigenvalue weighted by Crippen LogP contribution is 2.38. The molecule has 176 valence electrons.